The highest BCUT2D eigenvalue weighted by Gasteiger charge is 2.46. The molecule has 0 bridgehead atoms. The predicted molar refractivity (Wildman–Crippen MR) is 133 cm³/mol. The molecule has 1 atom stereocenters. The molecule has 0 radical (unpaired) electrons. The minimum atomic E-state index is -4.54. The molecule has 1 saturated heterocycles. The number of amides is 4. The van der Waals surface area contributed by atoms with E-state index in [1.807, 2.05) is 29.2 Å². The van der Waals surface area contributed by atoms with Crippen LogP contribution in [0.1, 0.15) is 56.3 Å². The lowest BCUT2D eigenvalue weighted by Gasteiger charge is -2.28. The summed E-state index contributed by atoms with van der Waals surface area (Å²) in [6.07, 6.45) is -4.45. The van der Waals surface area contributed by atoms with Gasteiger partial charge in [0.05, 0.1) is 17.7 Å². The van der Waals surface area contributed by atoms with Crippen LogP contribution in [0.15, 0.2) is 42.5 Å². The van der Waals surface area contributed by atoms with Gasteiger partial charge in [-0.15, -0.1) is 10.2 Å². The third kappa shape index (κ3) is 4.94. The number of rotatable bonds is 6. The number of ether oxygens (including phenoxy) is 1. The Bertz CT molecular complexity index is 1570. The summed E-state index contributed by atoms with van der Waals surface area (Å²) in [6, 6.07) is 11.0. The van der Waals surface area contributed by atoms with E-state index < -0.39 is 41.7 Å². The summed E-state index contributed by atoms with van der Waals surface area (Å²) < 4.78 is 46.3. The Hall–Kier alpha value is -4.59. The second-order valence-corrected chi connectivity index (χ2v) is 10.0. The average molecular weight is 569 g/mol. The van der Waals surface area contributed by atoms with Gasteiger partial charge in [0.2, 0.25) is 17.6 Å². The molecule has 3 aliphatic heterocycles. The Morgan fingerprint density at radius 3 is 2.44 bits per heavy atom. The molecule has 4 heterocycles. The molecule has 1 N–H and O–H groups in total. The van der Waals surface area contributed by atoms with Gasteiger partial charge in [-0.1, -0.05) is 30.3 Å². The lowest BCUT2D eigenvalue weighted by Crippen LogP contribution is -2.54. The van der Waals surface area contributed by atoms with Crippen molar-refractivity contribution in [3.8, 4) is 5.75 Å². The summed E-state index contributed by atoms with van der Waals surface area (Å²) in [5.74, 6) is -2.89. The van der Waals surface area contributed by atoms with E-state index in [9.17, 15) is 32.3 Å². The van der Waals surface area contributed by atoms with Gasteiger partial charge in [-0.3, -0.25) is 34.3 Å². The van der Waals surface area contributed by atoms with Crippen LogP contribution in [-0.2, 0) is 42.0 Å². The van der Waals surface area contributed by atoms with E-state index in [2.05, 4.69) is 15.5 Å². The Labute approximate surface area is 230 Å². The monoisotopic (exact) mass is 568 g/mol. The molecule has 41 heavy (non-hydrogen) atoms. The van der Waals surface area contributed by atoms with E-state index in [-0.39, 0.29) is 55.2 Å². The van der Waals surface area contributed by atoms with Gasteiger partial charge >= 0.3 is 6.18 Å². The van der Waals surface area contributed by atoms with Gasteiger partial charge in [0.25, 0.3) is 11.8 Å². The molecule has 3 aromatic rings. The van der Waals surface area contributed by atoms with Gasteiger partial charge in [-0.25, -0.2) is 0 Å². The predicted octanol–water partition coefficient (Wildman–Crippen LogP) is 2.29. The second-order valence-electron chi connectivity index (χ2n) is 10.0. The molecular formula is C27H23F3N6O5. The third-order valence-electron chi connectivity index (χ3n) is 7.34. The van der Waals surface area contributed by atoms with Crippen molar-refractivity contribution in [3.05, 3.63) is 76.4 Å². The standard InChI is InChI=1S/C27H23F3N6O5/c28-27(29,30)26-33-32-20-13-34(10-11-35(20)26)12-15-4-6-16(7-5-15)14-41-19-3-1-2-17-22(19)25(40)36(24(17)39)18-8-9-21(37)31-23(18)38/h1-7,18H,8-14H2,(H,31,37,38). The smallest absolute Gasteiger partial charge is 0.451 e. The van der Waals surface area contributed by atoms with E-state index in [0.29, 0.717) is 13.1 Å². The molecule has 11 nitrogen and oxygen atoms in total. The summed E-state index contributed by atoms with van der Waals surface area (Å²) in [7, 11) is 0. The van der Waals surface area contributed by atoms with E-state index in [1.54, 1.807) is 12.1 Å². The molecule has 0 spiro atoms. The molecule has 1 fully saturated rings. The molecule has 3 aliphatic rings. The molecule has 14 heteroatoms. The summed E-state index contributed by atoms with van der Waals surface area (Å²) in [6.45, 7) is 1.42. The average Bonchev–Trinajstić information content (AvgIpc) is 3.47. The van der Waals surface area contributed by atoms with E-state index in [0.717, 1.165) is 20.6 Å². The van der Waals surface area contributed by atoms with Crippen molar-refractivity contribution in [2.24, 2.45) is 0 Å². The lowest BCUT2D eigenvalue weighted by molar-refractivity contribution is -0.148. The zero-order valence-electron chi connectivity index (χ0n) is 21.5. The number of nitrogens with zero attached hydrogens (tertiary/aromatic N) is 5. The lowest BCUT2D eigenvalue weighted by atomic mass is 10.0. The normalized spacial score (nSPS) is 19.3. The number of nitrogens with one attached hydrogen (secondary N) is 1. The number of aromatic nitrogens is 3. The van der Waals surface area contributed by atoms with Crippen LogP contribution in [-0.4, -0.2) is 60.8 Å². The number of carbonyl (C=O) groups excluding carboxylic acids is 4. The molecule has 0 aliphatic carbocycles. The molecule has 4 amide bonds. The highest BCUT2D eigenvalue weighted by Crippen LogP contribution is 2.34. The van der Waals surface area contributed by atoms with Crippen LogP contribution < -0.4 is 10.1 Å². The minimum absolute atomic E-state index is 0.0293. The second kappa shape index (κ2) is 10.1. The maximum atomic E-state index is 13.2. The zero-order chi connectivity index (χ0) is 28.9. The molecule has 1 unspecified atom stereocenters. The summed E-state index contributed by atoms with van der Waals surface area (Å²) in [5, 5.41) is 9.19. The number of halogens is 3. The van der Waals surface area contributed by atoms with Gasteiger partial charge in [0, 0.05) is 26.1 Å². The largest absolute Gasteiger partial charge is 0.488 e. The van der Waals surface area contributed by atoms with Crippen molar-refractivity contribution in [1.82, 2.24) is 29.9 Å². The molecular weight excluding hydrogens is 545 g/mol. The zero-order valence-corrected chi connectivity index (χ0v) is 21.5. The Morgan fingerprint density at radius 2 is 1.71 bits per heavy atom. The van der Waals surface area contributed by atoms with Crippen molar-refractivity contribution >= 4 is 23.6 Å². The minimum Gasteiger partial charge on any atom is -0.488 e. The van der Waals surface area contributed by atoms with Crippen LogP contribution >= 0.6 is 0 Å². The first-order chi connectivity index (χ1) is 19.6. The van der Waals surface area contributed by atoms with Gasteiger partial charge in [0.1, 0.15) is 24.2 Å². The van der Waals surface area contributed by atoms with Crippen LogP contribution in [0.5, 0.6) is 5.75 Å². The number of imide groups is 2. The van der Waals surface area contributed by atoms with Crippen LogP contribution in [0, 0.1) is 0 Å². The fraction of sp³-hybridized carbons (Fsp3) is 0.333. The first-order valence-corrected chi connectivity index (χ1v) is 12.9. The van der Waals surface area contributed by atoms with Gasteiger partial charge < -0.3 is 9.30 Å². The molecule has 0 saturated carbocycles. The number of hydrogen-bond donors (Lipinski definition) is 1. The highest BCUT2D eigenvalue weighted by molar-refractivity contribution is 6.24. The first-order valence-electron chi connectivity index (χ1n) is 12.9. The van der Waals surface area contributed by atoms with E-state index in [1.165, 1.54) is 6.07 Å². The number of hydrogen-bond acceptors (Lipinski definition) is 8. The summed E-state index contributed by atoms with van der Waals surface area (Å²) >= 11 is 0. The number of fused-ring (bicyclic) bond motifs is 2. The van der Waals surface area contributed by atoms with Crippen molar-refractivity contribution in [1.29, 1.82) is 0 Å². The van der Waals surface area contributed by atoms with Crippen LogP contribution in [0.3, 0.4) is 0 Å². The molecule has 6 rings (SSSR count). The van der Waals surface area contributed by atoms with E-state index >= 15 is 0 Å². The molecule has 212 valence electrons. The Kier molecular flexibility index (Phi) is 6.56. The van der Waals surface area contributed by atoms with Crippen molar-refractivity contribution in [2.75, 3.05) is 6.54 Å². The van der Waals surface area contributed by atoms with Gasteiger partial charge in [-0.2, -0.15) is 13.2 Å². The fourth-order valence-electron chi connectivity index (χ4n) is 5.32. The molecule has 2 aromatic carbocycles. The summed E-state index contributed by atoms with van der Waals surface area (Å²) in [4.78, 5) is 52.9. The Balaban J connectivity index is 1.09. The topological polar surface area (TPSA) is 127 Å². The maximum Gasteiger partial charge on any atom is 0.451 e. The van der Waals surface area contributed by atoms with Crippen molar-refractivity contribution in [3.63, 3.8) is 0 Å². The quantitative estimate of drug-likeness (QED) is 0.449. The highest BCUT2D eigenvalue weighted by atomic mass is 19.4. The fourth-order valence-corrected chi connectivity index (χ4v) is 5.32. The van der Waals surface area contributed by atoms with E-state index in [4.69, 9.17) is 4.74 Å². The first kappa shape index (κ1) is 26.6. The van der Waals surface area contributed by atoms with Crippen LogP contribution in [0.25, 0.3) is 0 Å². The Morgan fingerprint density at radius 1 is 0.951 bits per heavy atom. The summed E-state index contributed by atoms with van der Waals surface area (Å²) in [5.41, 5.74) is 1.94. The van der Waals surface area contributed by atoms with Crippen molar-refractivity contribution in [2.45, 2.75) is 51.3 Å². The maximum absolute atomic E-state index is 13.2. The third-order valence-corrected chi connectivity index (χ3v) is 7.34. The number of benzene rings is 2. The number of carbonyl (C=O) groups is 4. The number of piperidine rings is 1. The van der Waals surface area contributed by atoms with Gasteiger partial charge in [0.15, 0.2) is 0 Å². The number of alkyl halides is 3. The SMILES string of the molecule is O=C1CCC(N2C(=O)c3cccc(OCc4ccc(CN5CCn6c(nnc6C(F)(F)F)C5)cc4)c3C2=O)C(=O)N1. The van der Waals surface area contributed by atoms with Crippen molar-refractivity contribution < 1.29 is 37.1 Å². The molecule has 1 aromatic heterocycles. The van der Waals surface area contributed by atoms with Crippen LogP contribution in [0.2, 0.25) is 0 Å². The van der Waals surface area contributed by atoms with Crippen LogP contribution in [0.4, 0.5) is 13.2 Å². The van der Waals surface area contributed by atoms with Gasteiger partial charge in [-0.05, 0) is 29.7 Å².